The zero-order chi connectivity index (χ0) is 81.2. The van der Waals surface area contributed by atoms with Gasteiger partial charge in [-0.05, 0) is 142 Å². The maximum absolute atomic E-state index is 13.5. The number of nitrogens with two attached hydrogens (primary N) is 4. The number of anilines is 5. The number of alkyl halides is 9. The van der Waals surface area contributed by atoms with Crippen LogP contribution in [0.2, 0.25) is 0 Å². The smallest absolute Gasteiger partial charge is 0.418 e. The Hall–Kier alpha value is -13.6. The van der Waals surface area contributed by atoms with Crippen LogP contribution in [0.3, 0.4) is 0 Å². The summed E-state index contributed by atoms with van der Waals surface area (Å²) in [6, 6.07) is 24.3. The van der Waals surface area contributed by atoms with Crippen LogP contribution in [-0.4, -0.2) is 110 Å². The van der Waals surface area contributed by atoms with Gasteiger partial charge >= 0.3 is 18.5 Å². The van der Waals surface area contributed by atoms with E-state index in [1.54, 1.807) is 99.7 Å². The Morgan fingerprint density at radius 3 is 1.29 bits per heavy atom. The van der Waals surface area contributed by atoms with Crippen LogP contribution in [0, 0.1) is 33.5 Å². The number of aryl methyl sites for hydroxylation is 4. The summed E-state index contributed by atoms with van der Waals surface area (Å²) in [6.45, 7) is 6.79. The molecule has 10 aromatic heterocycles. The maximum atomic E-state index is 13.5. The largest absolute Gasteiger partial charge is 0.460 e. The number of nitrogens with zero attached hydrogens (tertiary/aromatic N) is 14. The molecule has 27 nitrogen and oxygen atoms in total. The van der Waals surface area contributed by atoms with E-state index in [4.69, 9.17) is 40.6 Å². The standard InChI is InChI=1S/C20H16F4N4O2.C19H16F3N5O2.C19H15F3N4O2.C18H17N5O3.CH4/c1-9-3-6-14(30-9)17-15-16(26-19(25)27-17)13(28(2)18(15)29)7-10-4-5-11(21)8-12(10)20(22,23)24;1-9-3-4-13(29-9)16-14-15(25-18(23)26-16)12(27(2)17(14)28)7-10-5-6-24-8-11(10)19(20,21)22;1-10-6-7-14(28-10)16-12-8-15(27)26(17(12)25-18(23)24-16)9-11-4-2-3-5-13(11)19(20,21)22;1-10-3-4-13(26-10)16-14-15(20-18(19)21-16)12(22(2)17(14)24)9-11-5-7-23(25)8-6-11;/h3-6,8,13H,7H2,1-2H3,(H2,25,26,27);3-6,8,12H,7H2,1-2H3,(H2,23,25,26);2-7H,8-9H2,1H3,(H2,23,24,25);3-8,12H,9H2,1-2H3,(H2-,19,20,21,24,25);1H4/p+1. The van der Waals surface area contributed by atoms with E-state index in [-0.39, 0.29) is 131 Å². The predicted molar refractivity (Wildman–Crippen MR) is 389 cm³/mol. The molecule has 0 aliphatic carbocycles. The molecule has 0 fully saturated rings. The number of amides is 4. The van der Waals surface area contributed by atoms with Gasteiger partial charge < -0.3 is 55.3 Å². The van der Waals surface area contributed by atoms with Crippen LogP contribution in [0.1, 0.15) is 141 Å². The Morgan fingerprint density at radius 2 is 0.868 bits per heavy atom. The van der Waals surface area contributed by atoms with Gasteiger partial charge in [-0.25, -0.2) is 39.3 Å². The van der Waals surface area contributed by atoms with E-state index in [2.05, 4.69) is 44.9 Å². The van der Waals surface area contributed by atoms with Crippen molar-refractivity contribution in [3.63, 3.8) is 0 Å². The van der Waals surface area contributed by atoms with Crippen molar-refractivity contribution >= 4 is 53.2 Å². The first-order valence-corrected chi connectivity index (χ1v) is 34.2. The Balaban J connectivity index is 0.000000140. The number of pyridine rings is 2. The first-order valence-electron chi connectivity index (χ1n) is 34.2. The molecule has 0 bridgehead atoms. The van der Waals surface area contributed by atoms with Gasteiger partial charge in [-0.3, -0.25) is 34.3 Å². The van der Waals surface area contributed by atoms with Crippen molar-refractivity contribution in [2.24, 2.45) is 0 Å². The fourth-order valence-corrected chi connectivity index (χ4v) is 13.6. The monoisotopic (exact) mass is 1580 g/mol. The molecule has 0 radical (unpaired) electrons. The summed E-state index contributed by atoms with van der Waals surface area (Å²) in [5.74, 6) is 1.73. The minimum atomic E-state index is -4.75. The van der Waals surface area contributed by atoms with Gasteiger partial charge in [0.2, 0.25) is 42.1 Å². The third-order valence-electron chi connectivity index (χ3n) is 19.0. The SMILES string of the molecule is C.Cc1ccc(-c2nc(N)nc3c2C(=O)N(C)C3Cc2cc[n+](O)cc2)o1.Cc1ccc(-c2nc(N)nc3c2C(=O)N(C)C3Cc2ccc(F)cc2C(F)(F)F)o1.Cc1ccc(-c2nc(N)nc3c2C(=O)N(C)C3Cc2ccncc2C(F)(F)F)o1.Cc1ccc(-c2nc(N)nc3c2CC(=O)N3Cc2ccccc2C(F)(F)F)o1. The van der Waals surface area contributed by atoms with Crippen molar-refractivity contribution < 1.29 is 90.7 Å². The molecular formula is C77H69F10N18O9+. The molecule has 0 spiro atoms. The fourth-order valence-electron chi connectivity index (χ4n) is 13.6. The molecule has 9 N–H and O–H groups in total. The van der Waals surface area contributed by atoms with Gasteiger partial charge in [0.05, 0.1) is 81.6 Å². The second kappa shape index (κ2) is 30.9. The number of hydrogen-bond acceptors (Lipinski definition) is 22. The average Bonchev–Trinajstić information content (AvgIpc) is 1.60. The van der Waals surface area contributed by atoms with Gasteiger partial charge in [0, 0.05) is 56.0 Å². The molecule has 12 aromatic rings. The van der Waals surface area contributed by atoms with Crippen LogP contribution in [0.15, 0.2) is 152 Å². The Bertz CT molecular complexity index is 5720. The normalized spacial score (nSPS) is 15.5. The molecule has 4 aliphatic rings. The minimum absolute atomic E-state index is 0. The summed E-state index contributed by atoms with van der Waals surface area (Å²) in [4.78, 5) is 93.9. The highest BCUT2D eigenvalue weighted by Crippen LogP contribution is 2.46. The number of halogens is 10. The molecule has 4 aliphatic heterocycles. The summed E-state index contributed by atoms with van der Waals surface area (Å²) in [5, 5.41) is 9.37. The Morgan fingerprint density at radius 1 is 0.474 bits per heavy atom. The van der Waals surface area contributed by atoms with E-state index in [9.17, 15) is 68.3 Å². The van der Waals surface area contributed by atoms with E-state index in [0.717, 1.165) is 40.5 Å². The lowest BCUT2D eigenvalue weighted by atomic mass is 9.97. The van der Waals surface area contributed by atoms with Crippen LogP contribution in [0.5, 0.6) is 0 Å². The zero-order valence-electron chi connectivity index (χ0n) is 60.5. The number of fused-ring (bicyclic) bond motifs is 4. The average molecular weight is 1580 g/mol. The molecule has 14 heterocycles. The molecule has 0 saturated carbocycles. The Kier molecular flexibility index (Phi) is 21.7. The van der Waals surface area contributed by atoms with Gasteiger partial charge in [-0.1, -0.05) is 31.7 Å². The number of carbonyl (C=O) groups excluding carboxylic acids is 4. The summed E-state index contributed by atoms with van der Waals surface area (Å²) in [6.07, 6.45) is -8.51. The number of benzene rings is 2. The number of nitrogen functional groups attached to an aromatic ring is 4. The second-order valence-electron chi connectivity index (χ2n) is 26.6. The van der Waals surface area contributed by atoms with Gasteiger partial charge in [0.1, 0.15) is 57.5 Å². The van der Waals surface area contributed by atoms with E-state index in [1.807, 2.05) is 13.0 Å². The van der Waals surface area contributed by atoms with Crippen LogP contribution >= 0.6 is 0 Å². The lowest BCUT2D eigenvalue weighted by molar-refractivity contribution is -0.904. The van der Waals surface area contributed by atoms with Crippen LogP contribution in [0.25, 0.3) is 45.8 Å². The van der Waals surface area contributed by atoms with Crippen molar-refractivity contribution in [1.29, 1.82) is 0 Å². The van der Waals surface area contributed by atoms with E-state index >= 15 is 0 Å². The van der Waals surface area contributed by atoms with Gasteiger partial charge in [0.15, 0.2) is 23.0 Å². The Labute approximate surface area is 640 Å². The first-order chi connectivity index (χ1) is 53.4. The van der Waals surface area contributed by atoms with Crippen molar-refractivity contribution in [3.8, 4) is 45.8 Å². The van der Waals surface area contributed by atoms with E-state index < -0.39 is 64.9 Å². The van der Waals surface area contributed by atoms with Gasteiger partial charge in [-0.2, -0.15) is 44.5 Å². The highest BCUT2D eigenvalue weighted by Gasteiger charge is 2.46. The topological polar surface area (TPSA) is 378 Å². The number of carbonyl (C=O) groups is 4. The highest BCUT2D eigenvalue weighted by atomic mass is 19.4. The molecule has 590 valence electrons. The molecular weight excluding hydrogens is 1510 g/mol. The van der Waals surface area contributed by atoms with Crippen molar-refractivity contribution in [3.05, 3.63) is 241 Å². The summed E-state index contributed by atoms with van der Waals surface area (Å²) >= 11 is 0. The van der Waals surface area contributed by atoms with Gasteiger partial charge in [0.25, 0.3) is 17.7 Å². The quantitative estimate of drug-likeness (QED) is 0.0431. The second-order valence-corrected chi connectivity index (χ2v) is 26.6. The summed E-state index contributed by atoms with van der Waals surface area (Å²) in [7, 11) is 4.70. The zero-order valence-corrected chi connectivity index (χ0v) is 60.5. The minimum Gasteiger partial charge on any atom is -0.460 e. The van der Waals surface area contributed by atoms with Gasteiger partial charge in [-0.15, -0.1) is 0 Å². The lowest BCUT2D eigenvalue weighted by Crippen LogP contribution is -2.29. The highest BCUT2D eigenvalue weighted by molar-refractivity contribution is 6.06. The molecule has 114 heavy (non-hydrogen) atoms. The number of rotatable bonds is 12. The maximum Gasteiger partial charge on any atom is 0.418 e. The van der Waals surface area contributed by atoms with Crippen LogP contribution in [0.4, 0.5) is 73.5 Å². The van der Waals surface area contributed by atoms with Crippen molar-refractivity contribution in [2.45, 2.75) is 104 Å². The van der Waals surface area contributed by atoms with Crippen molar-refractivity contribution in [2.75, 3.05) is 49.0 Å². The van der Waals surface area contributed by atoms with E-state index in [1.165, 1.54) is 59.3 Å². The summed E-state index contributed by atoms with van der Waals surface area (Å²) in [5.41, 5.74) is 24.9. The molecule has 4 amide bonds. The molecule has 2 aromatic carbocycles. The third kappa shape index (κ3) is 16.0. The molecule has 3 atom stereocenters. The lowest BCUT2D eigenvalue weighted by Gasteiger charge is -2.22. The number of likely N-dealkylation sites (N-methyl/N-ethyl adjacent to an activating group) is 3. The molecule has 0 saturated heterocycles. The van der Waals surface area contributed by atoms with E-state index in [0.29, 0.717) is 81.0 Å². The van der Waals surface area contributed by atoms with Crippen LogP contribution < -0.4 is 32.6 Å². The fraction of sp³-hybridized carbons (Fsp3) is 0.247. The van der Waals surface area contributed by atoms with Crippen LogP contribution in [-0.2, 0) is 55.6 Å². The predicted octanol–water partition coefficient (Wildman–Crippen LogP) is 13.5. The molecule has 37 heteroatoms. The number of aromatic nitrogens is 10. The number of hydrogen-bond donors (Lipinski definition) is 5. The molecule has 16 rings (SSSR count). The first kappa shape index (κ1) is 79.9. The summed E-state index contributed by atoms with van der Waals surface area (Å²) < 4.78 is 157. The number of furan rings is 4. The van der Waals surface area contributed by atoms with Crippen molar-refractivity contribution in [1.82, 2.24) is 59.6 Å². The molecule has 3 unspecified atom stereocenters. The third-order valence-corrected chi connectivity index (χ3v) is 19.0.